The number of allylic oxidation sites excluding steroid dienone is 1. The third-order valence-corrected chi connectivity index (χ3v) is 6.09. The molecule has 6 aromatic rings. The fraction of sp³-hybridized carbons (Fsp3) is 0.107. The van der Waals surface area contributed by atoms with Crippen LogP contribution >= 0.6 is 0 Å². The minimum atomic E-state index is -0.286. The van der Waals surface area contributed by atoms with Gasteiger partial charge in [-0.25, -0.2) is 19.3 Å². The Kier molecular flexibility index (Phi) is 5.65. The number of nitrogens with one attached hydrogen (secondary N) is 3. The zero-order valence-electron chi connectivity index (χ0n) is 20.1. The van der Waals surface area contributed by atoms with Crippen molar-refractivity contribution in [3.8, 4) is 33.9 Å². The lowest BCUT2D eigenvalue weighted by Gasteiger charge is -2.09. The van der Waals surface area contributed by atoms with Gasteiger partial charge in [-0.05, 0) is 48.4 Å². The molecule has 0 aliphatic carbocycles. The molecule has 0 spiro atoms. The maximum Gasteiger partial charge on any atom is 0.178 e. The van der Waals surface area contributed by atoms with Gasteiger partial charge >= 0.3 is 0 Å². The number of rotatable bonds is 7. The van der Waals surface area contributed by atoms with Crippen LogP contribution in [-0.2, 0) is 0 Å². The highest BCUT2D eigenvalue weighted by Gasteiger charge is 2.17. The van der Waals surface area contributed by atoms with Crippen LogP contribution < -0.4 is 5.32 Å². The molecular weight excluding hydrogens is 467 g/mol. The molecule has 0 aliphatic rings. The highest BCUT2D eigenvalue weighted by Crippen LogP contribution is 2.31. The molecule has 0 unspecified atom stereocenters. The lowest BCUT2D eigenvalue weighted by molar-refractivity contribution is 0.628. The molecule has 37 heavy (non-hydrogen) atoms. The third-order valence-electron chi connectivity index (χ3n) is 6.09. The van der Waals surface area contributed by atoms with Crippen LogP contribution in [0.25, 0.3) is 56.1 Å². The van der Waals surface area contributed by atoms with Crippen molar-refractivity contribution in [1.82, 2.24) is 35.1 Å². The van der Waals surface area contributed by atoms with E-state index in [-0.39, 0.29) is 5.82 Å². The standard InChI is InChI=1S/C28H23FN8/c1-3-4-16(2)32-20-13-18(14-30-15-20)22-9-10-23-25(33-22)26(37-36-23)28-34-24-21(11-12-31-27(24)35-28)17-5-7-19(29)8-6-17/h5-15,32H,2-4H2,1H3,(H,36,37)(H,31,34,35). The Bertz CT molecular complexity index is 1750. The zero-order chi connectivity index (χ0) is 25.4. The number of H-pyrrole nitrogens is 2. The second-order valence-electron chi connectivity index (χ2n) is 8.76. The quantitative estimate of drug-likeness (QED) is 0.236. The average Bonchev–Trinajstić information content (AvgIpc) is 3.53. The number of hydrogen-bond donors (Lipinski definition) is 3. The monoisotopic (exact) mass is 490 g/mol. The van der Waals surface area contributed by atoms with Crippen molar-refractivity contribution in [1.29, 1.82) is 0 Å². The summed E-state index contributed by atoms with van der Waals surface area (Å²) in [6, 6.07) is 14.1. The van der Waals surface area contributed by atoms with E-state index in [1.807, 2.05) is 24.3 Å². The molecule has 0 amide bonds. The lowest BCUT2D eigenvalue weighted by atomic mass is 10.1. The second kappa shape index (κ2) is 9.27. The summed E-state index contributed by atoms with van der Waals surface area (Å²) in [6.07, 6.45) is 7.15. The van der Waals surface area contributed by atoms with Crippen LogP contribution in [0.4, 0.5) is 10.1 Å². The zero-order valence-corrected chi connectivity index (χ0v) is 20.1. The highest BCUT2D eigenvalue weighted by molar-refractivity contribution is 5.95. The van der Waals surface area contributed by atoms with Crippen molar-refractivity contribution in [3.63, 3.8) is 0 Å². The summed E-state index contributed by atoms with van der Waals surface area (Å²) >= 11 is 0. The average molecular weight is 491 g/mol. The Morgan fingerprint density at radius 3 is 2.73 bits per heavy atom. The number of halogens is 1. The van der Waals surface area contributed by atoms with Crippen molar-refractivity contribution >= 4 is 27.9 Å². The van der Waals surface area contributed by atoms with E-state index in [1.165, 1.54) is 12.1 Å². The van der Waals surface area contributed by atoms with E-state index in [1.54, 1.807) is 30.7 Å². The van der Waals surface area contributed by atoms with E-state index in [9.17, 15) is 4.39 Å². The number of aromatic nitrogens is 7. The summed E-state index contributed by atoms with van der Waals surface area (Å²) in [5.74, 6) is 0.254. The van der Waals surface area contributed by atoms with Crippen LogP contribution in [0.2, 0.25) is 0 Å². The first kappa shape index (κ1) is 22.5. The molecule has 8 nitrogen and oxygen atoms in total. The molecule has 0 atom stereocenters. The van der Waals surface area contributed by atoms with E-state index in [0.29, 0.717) is 22.7 Å². The maximum atomic E-state index is 13.5. The molecule has 0 radical (unpaired) electrons. The smallest absolute Gasteiger partial charge is 0.178 e. The molecule has 6 rings (SSSR count). The molecular formula is C28H23FN8. The van der Waals surface area contributed by atoms with Crippen LogP contribution in [-0.4, -0.2) is 35.1 Å². The molecule has 0 bridgehead atoms. The van der Waals surface area contributed by atoms with Gasteiger partial charge in [0.05, 0.1) is 28.6 Å². The Hall–Kier alpha value is -4.92. The lowest BCUT2D eigenvalue weighted by Crippen LogP contribution is -1.98. The molecule has 0 saturated carbocycles. The van der Waals surface area contributed by atoms with Crippen molar-refractivity contribution in [2.24, 2.45) is 0 Å². The van der Waals surface area contributed by atoms with Crippen molar-refractivity contribution in [2.75, 3.05) is 5.32 Å². The van der Waals surface area contributed by atoms with Gasteiger partial charge in [0.2, 0.25) is 0 Å². The molecule has 5 aromatic heterocycles. The Morgan fingerprint density at radius 2 is 1.89 bits per heavy atom. The van der Waals surface area contributed by atoms with E-state index >= 15 is 0 Å². The highest BCUT2D eigenvalue weighted by atomic mass is 19.1. The van der Waals surface area contributed by atoms with Gasteiger partial charge in [-0.15, -0.1) is 0 Å². The number of aromatic amines is 2. The first-order chi connectivity index (χ1) is 18.1. The van der Waals surface area contributed by atoms with Crippen molar-refractivity contribution < 1.29 is 4.39 Å². The molecule has 182 valence electrons. The summed E-state index contributed by atoms with van der Waals surface area (Å²) in [6.45, 7) is 6.19. The van der Waals surface area contributed by atoms with Crippen molar-refractivity contribution in [2.45, 2.75) is 19.8 Å². The van der Waals surface area contributed by atoms with Gasteiger partial charge in [0.15, 0.2) is 17.2 Å². The van der Waals surface area contributed by atoms with E-state index < -0.39 is 0 Å². The van der Waals surface area contributed by atoms with Gasteiger partial charge in [-0.2, -0.15) is 5.10 Å². The minimum absolute atomic E-state index is 0.286. The van der Waals surface area contributed by atoms with E-state index in [2.05, 4.69) is 49.0 Å². The third kappa shape index (κ3) is 4.31. The van der Waals surface area contributed by atoms with Gasteiger partial charge < -0.3 is 10.3 Å². The van der Waals surface area contributed by atoms with Gasteiger partial charge in [0, 0.05) is 29.2 Å². The first-order valence-electron chi connectivity index (χ1n) is 12.0. The fourth-order valence-electron chi connectivity index (χ4n) is 4.33. The van der Waals surface area contributed by atoms with Gasteiger partial charge in [-0.1, -0.05) is 32.1 Å². The number of pyridine rings is 3. The van der Waals surface area contributed by atoms with Crippen molar-refractivity contribution in [3.05, 3.63) is 85.2 Å². The van der Waals surface area contributed by atoms with Crippen LogP contribution in [0, 0.1) is 5.82 Å². The summed E-state index contributed by atoms with van der Waals surface area (Å²) in [4.78, 5) is 21.7. The summed E-state index contributed by atoms with van der Waals surface area (Å²) in [5.41, 5.74) is 8.49. The summed E-state index contributed by atoms with van der Waals surface area (Å²) < 4.78 is 13.5. The molecule has 1 aromatic carbocycles. The van der Waals surface area contributed by atoms with Crippen LogP contribution in [0.5, 0.6) is 0 Å². The molecule has 0 saturated heterocycles. The number of anilines is 1. The second-order valence-corrected chi connectivity index (χ2v) is 8.76. The Balaban J connectivity index is 1.40. The molecule has 3 N–H and O–H groups in total. The van der Waals surface area contributed by atoms with Gasteiger partial charge in [0.25, 0.3) is 0 Å². The number of hydrogen-bond acceptors (Lipinski definition) is 6. The Morgan fingerprint density at radius 1 is 1.03 bits per heavy atom. The largest absolute Gasteiger partial charge is 0.358 e. The summed E-state index contributed by atoms with van der Waals surface area (Å²) in [5, 5.41) is 10.8. The molecule has 5 heterocycles. The van der Waals surface area contributed by atoms with E-state index in [0.717, 1.165) is 57.6 Å². The number of benzene rings is 1. The normalized spacial score (nSPS) is 11.3. The topological polar surface area (TPSA) is 108 Å². The number of nitrogens with zero attached hydrogens (tertiary/aromatic N) is 5. The fourth-order valence-corrected chi connectivity index (χ4v) is 4.33. The Labute approximate surface area is 211 Å². The predicted molar refractivity (Wildman–Crippen MR) is 143 cm³/mol. The van der Waals surface area contributed by atoms with E-state index in [4.69, 9.17) is 4.98 Å². The minimum Gasteiger partial charge on any atom is -0.358 e. The maximum absolute atomic E-state index is 13.5. The number of fused-ring (bicyclic) bond motifs is 2. The first-order valence-corrected chi connectivity index (χ1v) is 12.0. The predicted octanol–water partition coefficient (Wildman–Crippen LogP) is 6.49. The molecule has 0 fully saturated rings. The van der Waals surface area contributed by atoms with Crippen LogP contribution in [0.15, 0.2) is 79.4 Å². The van der Waals surface area contributed by atoms with Crippen LogP contribution in [0.1, 0.15) is 19.8 Å². The number of imidazole rings is 1. The molecule has 0 aliphatic heterocycles. The SMILES string of the molecule is C=C(CCC)Nc1cncc(-c2ccc3[nH]nc(-c4nc5nccc(-c6ccc(F)cc6)c5[nH]4)c3n2)c1. The molecule has 9 heteroatoms. The van der Waals surface area contributed by atoms with Crippen LogP contribution in [0.3, 0.4) is 0 Å². The van der Waals surface area contributed by atoms with Gasteiger partial charge in [0.1, 0.15) is 11.3 Å². The van der Waals surface area contributed by atoms with Gasteiger partial charge in [-0.3, -0.25) is 10.1 Å². The summed E-state index contributed by atoms with van der Waals surface area (Å²) in [7, 11) is 0.